The number of nitrogens with zero attached hydrogens (tertiary/aromatic N) is 4. The van der Waals surface area contributed by atoms with Crippen molar-refractivity contribution >= 4 is 16.7 Å². The van der Waals surface area contributed by atoms with E-state index in [0.717, 1.165) is 22.9 Å². The number of aliphatic hydroxyl groups excluding tert-OH is 1. The molecule has 0 saturated heterocycles. The standard InChI is InChI=1S/C16H14N4O6/c1-16(2)15(22)14(19-7-8(20(23)24)3-4-13(19)21)9-5-10-11(18-26-17-10)6-12(9)25-16/h3-7,14-15,22H,1-2H3. The molecule has 2 aromatic heterocycles. The Morgan fingerprint density at radius 2 is 1.96 bits per heavy atom. The number of rotatable bonds is 2. The van der Waals surface area contributed by atoms with E-state index in [2.05, 4.69) is 10.3 Å². The molecule has 0 amide bonds. The molecule has 1 aromatic carbocycles. The topological polar surface area (TPSA) is 134 Å². The van der Waals surface area contributed by atoms with Crippen LogP contribution in [0.3, 0.4) is 0 Å². The lowest BCUT2D eigenvalue weighted by Gasteiger charge is -2.42. The maximum absolute atomic E-state index is 12.4. The molecule has 3 heterocycles. The number of nitro groups is 1. The maximum Gasteiger partial charge on any atom is 0.285 e. The highest BCUT2D eigenvalue weighted by Crippen LogP contribution is 2.43. The molecule has 4 rings (SSSR count). The van der Waals surface area contributed by atoms with Gasteiger partial charge in [0.05, 0.1) is 17.2 Å². The Balaban J connectivity index is 1.99. The summed E-state index contributed by atoms with van der Waals surface area (Å²) in [5.74, 6) is 0.395. The van der Waals surface area contributed by atoms with Crippen LogP contribution in [0.4, 0.5) is 5.69 Å². The number of aliphatic hydroxyl groups is 1. The van der Waals surface area contributed by atoms with Gasteiger partial charge in [0.2, 0.25) is 0 Å². The molecule has 0 fully saturated rings. The fourth-order valence-corrected chi connectivity index (χ4v) is 3.16. The van der Waals surface area contributed by atoms with E-state index in [1.54, 1.807) is 26.0 Å². The van der Waals surface area contributed by atoms with Gasteiger partial charge in [0.25, 0.3) is 11.2 Å². The van der Waals surface area contributed by atoms with Gasteiger partial charge in [-0.25, -0.2) is 4.63 Å². The monoisotopic (exact) mass is 358 g/mol. The van der Waals surface area contributed by atoms with Crippen LogP contribution in [0.25, 0.3) is 11.0 Å². The Morgan fingerprint density at radius 3 is 2.65 bits per heavy atom. The van der Waals surface area contributed by atoms with E-state index in [1.165, 1.54) is 0 Å². The number of ether oxygens (including phenoxy) is 1. The normalized spacial score (nSPS) is 21.2. The summed E-state index contributed by atoms with van der Waals surface area (Å²) in [4.78, 5) is 22.9. The van der Waals surface area contributed by atoms with Crippen molar-refractivity contribution in [2.24, 2.45) is 0 Å². The van der Waals surface area contributed by atoms with Gasteiger partial charge in [0, 0.05) is 23.8 Å². The third-order valence-electron chi connectivity index (χ3n) is 4.52. The highest BCUT2D eigenvalue weighted by molar-refractivity contribution is 5.77. The van der Waals surface area contributed by atoms with E-state index < -0.39 is 28.2 Å². The first-order valence-electron chi connectivity index (χ1n) is 7.78. The third-order valence-corrected chi connectivity index (χ3v) is 4.52. The smallest absolute Gasteiger partial charge is 0.285 e. The van der Waals surface area contributed by atoms with Crippen molar-refractivity contribution in [3.05, 3.63) is 56.5 Å². The number of hydrogen-bond acceptors (Lipinski definition) is 8. The SMILES string of the molecule is CC1(C)Oc2cc3nonc3cc2C(n2cc([N+](=O)[O-])ccc2=O)C1O. The van der Waals surface area contributed by atoms with Crippen molar-refractivity contribution in [1.82, 2.24) is 14.9 Å². The van der Waals surface area contributed by atoms with Crippen LogP contribution < -0.4 is 10.3 Å². The Labute approximate surface area is 145 Å². The second kappa shape index (κ2) is 5.36. The number of fused-ring (bicyclic) bond motifs is 2. The zero-order valence-electron chi connectivity index (χ0n) is 13.8. The first kappa shape index (κ1) is 16.2. The van der Waals surface area contributed by atoms with Crippen LogP contribution in [0, 0.1) is 10.1 Å². The van der Waals surface area contributed by atoms with Crippen LogP contribution in [0.15, 0.2) is 39.9 Å². The molecule has 2 atom stereocenters. The average molecular weight is 358 g/mol. The van der Waals surface area contributed by atoms with E-state index in [-0.39, 0.29) is 5.69 Å². The molecule has 1 aliphatic heterocycles. The minimum atomic E-state index is -1.15. The number of aromatic nitrogens is 3. The largest absolute Gasteiger partial charge is 0.485 e. The quantitative estimate of drug-likeness (QED) is 0.537. The molecule has 0 radical (unpaired) electrons. The zero-order valence-corrected chi connectivity index (χ0v) is 13.8. The molecule has 10 nitrogen and oxygen atoms in total. The summed E-state index contributed by atoms with van der Waals surface area (Å²) in [6.07, 6.45) is -0.0286. The van der Waals surface area contributed by atoms with Gasteiger partial charge in [-0.05, 0) is 30.2 Å². The molecule has 3 aromatic rings. The van der Waals surface area contributed by atoms with Crippen molar-refractivity contribution in [1.29, 1.82) is 0 Å². The summed E-state index contributed by atoms with van der Waals surface area (Å²) < 4.78 is 11.7. The van der Waals surface area contributed by atoms with Crippen LogP contribution in [0.2, 0.25) is 0 Å². The van der Waals surface area contributed by atoms with E-state index in [4.69, 9.17) is 9.37 Å². The van der Waals surface area contributed by atoms with Crippen molar-refractivity contribution in [2.75, 3.05) is 0 Å². The Kier molecular flexibility index (Phi) is 3.34. The molecule has 0 saturated carbocycles. The van der Waals surface area contributed by atoms with Crippen molar-refractivity contribution in [3.8, 4) is 5.75 Å². The zero-order chi connectivity index (χ0) is 18.6. The van der Waals surface area contributed by atoms with E-state index in [0.29, 0.717) is 22.3 Å². The van der Waals surface area contributed by atoms with E-state index in [9.17, 15) is 20.0 Å². The Hall–Kier alpha value is -3.27. The van der Waals surface area contributed by atoms with Gasteiger partial charge < -0.3 is 9.84 Å². The molecule has 2 unspecified atom stereocenters. The molecule has 10 heteroatoms. The summed E-state index contributed by atoms with van der Waals surface area (Å²) in [7, 11) is 0. The Bertz CT molecular complexity index is 1090. The van der Waals surface area contributed by atoms with Gasteiger partial charge >= 0.3 is 0 Å². The van der Waals surface area contributed by atoms with Gasteiger partial charge in [-0.15, -0.1) is 0 Å². The van der Waals surface area contributed by atoms with Gasteiger partial charge in [-0.2, -0.15) is 0 Å². The van der Waals surface area contributed by atoms with Crippen molar-refractivity contribution < 1.29 is 19.4 Å². The lowest BCUT2D eigenvalue weighted by atomic mass is 9.86. The minimum Gasteiger partial charge on any atom is -0.485 e. The number of pyridine rings is 1. The summed E-state index contributed by atoms with van der Waals surface area (Å²) in [5, 5.41) is 29.5. The first-order chi connectivity index (χ1) is 12.3. The van der Waals surface area contributed by atoms with Crippen LogP contribution in [-0.4, -0.2) is 36.6 Å². The lowest BCUT2D eigenvalue weighted by Crippen LogP contribution is -2.52. The average Bonchev–Trinajstić information content (AvgIpc) is 3.02. The van der Waals surface area contributed by atoms with Crippen molar-refractivity contribution in [2.45, 2.75) is 31.6 Å². The fourth-order valence-electron chi connectivity index (χ4n) is 3.16. The molecule has 1 aliphatic rings. The molecule has 1 N–H and O–H groups in total. The lowest BCUT2D eigenvalue weighted by molar-refractivity contribution is -0.385. The number of hydrogen-bond donors (Lipinski definition) is 1. The number of benzene rings is 1. The molecule has 0 spiro atoms. The highest BCUT2D eigenvalue weighted by Gasteiger charge is 2.44. The van der Waals surface area contributed by atoms with Crippen LogP contribution in [0.1, 0.15) is 25.5 Å². The molecular formula is C16H14N4O6. The second-order valence-corrected chi connectivity index (χ2v) is 6.63. The van der Waals surface area contributed by atoms with Gasteiger partial charge in [-0.3, -0.25) is 19.5 Å². The molecule has 0 bridgehead atoms. The highest BCUT2D eigenvalue weighted by atomic mass is 16.6. The van der Waals surface area contributed by atoms with E-state index in [1.807, 2.05) is 0 Å². The molecular weight excluding hydrogens is 344 g/mol. The van der Waals surface area contributed by atoms with Crippen LogP contribution in [-0.2, 0) is 0 Å². The predicted octanol–water partition coefficient (Wildman–Crippen LogP) is 1.41. The third kappa shape index (κ3) is 2.34. The maximum atomic E-state index is 12.4. The van der Waals surface area contributed by atoms with E-state index >= 15 is 0 Å². The fraction of sp³-hybridized carbons (Fsp3) is 0.312. The first-order valence-corrected chi connectivity index (χ1v) is 7.78. The van der Waals surface area contributed by atoms with Crippen LogP contribution in [0.5, 0.6) is 5.75 Å². The van der Waals surface area contributed by atoms with Gasteiger partial charge in [0.15, 0.2) is 0 Å². The second-order valence-electron chi connectivity index (χ2n) is 6.63. The van der Waals surface area contributed by atoms with Crippen molar-refractivity contribution in [3.63, 3.8) is 0 Å². The van der Waals surface area contributed by atoms with Crippen LogP contribution >= 0.6 is 0 Å². The molecule has 134 valence electrons. The Morgan fingerprint density at radius 1 is 1.27 bits per heavy atom. The minimum absolute atomic E-state index is 0.258. The molecule has 26 heavy (non-hydrogen) atoms. The predicted molar refractivity (Wildman–Crippen MR) is 88.0 cm³/mol. The molecule has 0 aliphatic carbocycles. The van der Waals surface area contributed by atoms with Gasteiger partial charge in [0.1, 0.15) is 28.5 Å². The summed E-state index contributed by atoms with van der Waals surface area (Å²) >= 11 is 0. The summed E-state index contributed by atoms with van der Waals surface area (Å²) in [6, 6.07) is 4.52. The summed E-state index contributed by atoms with van der Waals surface area (Å²) in [6.45, 7) is 3.34. The van der Waals surface area contributed by atoms with Gasteiger partial charge in [-0.1, -0.05) is 0 Å². The summed E-state index contributed by atoms with van der Waals surface area (Å²) in [5.41, 5.74) is -0.452.